The van der Waals surface area contributed by atoms with E-state index in [0.29, 0.717) is 6.41 Å². The van der Waals surface area contributed by atoms with Gasteiger partial charge in [-0.1, -0.05) is 35.6 Å². The van der Waals surface area contributed by atoms with Crippen LogP contribution in [-0.4, -0.2) is 11.6 Å². The van der Waals surface area contributed by atoms with E-state index in [-0.39, 0.29) is 11.8 Å². The summed E-state index contributed by atoms with van der Waals surface area (Å²) in [5.41, 5.74) is 2.68. The maximum atomic E-state index is 12.6. The molecule has 3 nitrogen and oxygen atoms in total. The number of hydrazine groups is 1. The number of nitrogens with one attached hydrogen (secondary N) is 1. The first-order valence-corrected chi connectivity index (χ1v) is 3.50. The topological polar surface area (TPSA) is 32.3 Å². The summed E-state index contributed by atoms with van der Waals surface area (Å²) >= 11 is 0. The zero-order valence-corrected chi connectivity index (χ0v) is 6.40. The Hall–Kier alpha value is -1.42. The molecule has 0 heterocycles. The second-order valence-corrected chi connectivity index (χ2v) is 2.25. The van der Waals surface area contributed by atoms with Crippen LogP contribution in [0, 0.1) is 0 Å². The van der Waals surface area contributed by atoms with Crippen molar-refractivity contribution < 1.29 is 9.28 Å². The van der Waals surface area contributed by atoms with E-state index in [1.165, 1.54) is 0 Å². The van der Waals surface area contributed by atoms with E-state index in [1.807, 2.05) is 23.6 Å². The highest BCUT2D eigenvalue weighted by atomic mass is 19.2. The monoisotopic (exact) mass is 168 g/mol. The molecule has 0 bridgehead atoms. The van der Waals surface area contributed by atoms with Gasteiger partial charge in [0, 0.05) is 0 Å². The van der Waals surface area contributed by atoms with Crippen molar-refractivity contribution in [2.45, 2.75) is 6.54 Å². The van der Waals surface area contributed by atoms with Gasteiger partial charge in [-0.2, -0.15) is 0 Å². The Kier molecular flexibility index (Phi) is 3.22. The highest BCUT2D eigenvalue weighted by Crippen LogP contribution is 2.01. The third kappa shape index (κ3) is 2.67. The number of amides is 1. The molecular formula is C8H9FN2O. The van der Waals surface area contributed by atoms with Gasteiger partial charge in [-0.05, 0) is 5.56 Å². The molecule has 0 radical (unpaired) electrons. The molecule has 12 heavy (non-hydrogen) atoms. The minimum absolute atomic E-state index is 0.0551. The highest BCUT2D eigenvalue weighted by Gasteiger charge is 2.00. The average molecular weight is 168 g/mol. The maximum absolute atomic E-state index is 12.6. The van der Waals surface area contributed by atoms with Gasteiger partial charge in [0.05, 0.1) is 6.54 Å². The van der Waals surface area contributed by atoms with E-state index in [0.717, 1.165) is 5.56 Å². The quantitative estimate of drug-likeness (QED) is 0.414. The first kappa shape index (κ1) is 8.67. The van der Waals surface area contributed by atoms with Crippen molar-refractivity contribution in [1.29, 1.82) is 0 Å². The molecule has 0 atom stereocenters. The van der Waals surface area contributed by atoms with Gasteiger partial charge in [0.15, 0.2) is 0 Å². The Morgan fingerprint density at radius 3 is 2.67 bits per heavy atom. The van der Waals surface area contributed by atoms with E-state index >= 15 is 0 Å². The van der Waals surface area contributed by atoms with Crippen molar-refractivity contribution in [3.8, 4) is 0 Å². The molecule has 0 aliphatic carbocycles. The van der Waals surface area contributed by atoms with Gasteiger partial charge in [0.25, 0.3) is 0 Å². The minimum Gasteiger partial charge on any atom is -0.277 e. The number of benzene rings is 1. The van der Waals surface area contributed by atoms with E-state index in [9.17, 15) is 9.28 Å². The molecule has 4 heteroatoms. The lowest BCUT2D eigenvalue weighted by molar-refractivity contribution is -0.124. The second kappa shape index (κ2) is 4.46. The Labute approximate surface area is 69.7 Å². The van der Waals surface area contributed by atoms with E-state index < -0.39 is 0 Å². The first-order valence-electron chi connectivity index (χ1n) is 3.50. The standard InChI is InChI=1S/C8H9FN2O/c9-11(10-7-12)6-8-4-2-1-3-5-8/h1-5,7H,6H2,(H,10,12). The summed E-state index contributed by atoms with van der Waals surface area (Å²) in [5.74, 6) is 0. The molecule has 1 rings (SSSR count). The van der Waals surface area contributed by atoms with Crippen LogP contribution in [0.1, 0.15) is 5.56 Å². The van der Waals surface area contributed by atoms with Gasteiger partial charge in [-0.15, -0.1) is 4.48 Å². The molecule has 64 valence electrons. The van der Waals surface area contributed by atoms with Gasteiger partial charge in [0.1, 0.15) is 0 Å². The van der Waals surface area contributed by atoms with E-state index in [2.05, 4.69) is 0 Å². The third-order valence-corrected chi connectivity index (χ3v) is 1.36. The number of hydrogen-bond donors (Lipinski definition) is 1. The third-order valence-electron chi connectivity index (χ3n) is 1.36. The van der Waals surface area contributed by atoms with Crippen LogP contribution >= 0.6 is 0 Å². The Bertz CT molecular complexity index is 240. The molecule has 0 fully saturated rings. The lowest BCUT2D eigenvalue weighted by Gasteiger charge is -2.08. The fourth-order valence-corrected chi connectivity index (χ4v) is 0.847. The summed E-state index contributed by atoms with van der Waals surface area (Å²) in [6, 6.07) is 9.02. The average Bonchev–Trinajstić information content (AvgIpc) is 2.06. The molecule has 0 aliphatic heterocycles. The molecule has 1 N–H and O–H groups in total. The molecule has 1 amide bonds. The minimum atomic E-state index is 0.0551. The lowest BCUT2D eigenvalue weighted by atomic mass is 10.2. The summed E-state index contributed by atoms with van der Waals surface area (Å²) in [6.07, 6.45) is 0.295. The predicted octanol–water partition coefficient (Wildman–Crippen LogP) is 1.03. The van der Waals surface area contributed by atoms with Crippen molar-refractivity contribution in [2.24, 2.45) is 0 Å². The number of nitrogens with zero attached hydrogens (tertiary/aromatic N) is 1. The number of hydrogen-bond acceptors (Lipinski definition) is 2. The molecule has 0 saturated heterocycles. The van der Waals surface area contributed by atoms with Gasteiger partial charge >= 0.3 is 0 Å². The van der Waals surface area contributed by atoms with Crippen LogP contribution in [0.3, 0.4) is 0 Å². The number of carbonyl (C=O) groups excluding carboxylic acids is 1. The van der Waals surface area contributed by atoms with Crippen LogP contribution in [0.15, 0.2) is 30.3 Å². The van der Waals surface area contributed by atoms with E-state index in [1.54, 1.807) is 12.1 Å². The fourth-order valence-electron chi connectivity index (χ4n) is 0.847. The second-order valence-electron chi connectivity index (χ2n) is 2.25. The lowest BCUT2D eigenvalue weighted by Crippen LogP contribution is -2.28. The summed E-state index contributed by atoms with van der Waals surface area (Å²) in [5, 5.41) is 0.225. The molecule has 1 aromatic rings. The molecule has 0 unspecified atom stereocenters. The smallest absolute Gasteiger partial charge is 0.223 e. The SMILES string of the molecule is O=CNN(F)Cc1ccccc1. The van der Waals surface area contributed by atoms with Crippen molar-refractivity contribution >= 4 is 6.41 Å². The maximum Gasteiger partial charge on any atom is 0.223 e. The van der Waals surface area contributed by atoms with Crippen LogP contribution in [0.4, 0.5) is 4.48 Å². The normalized spacial score (nSPS) is 9.83. The van der Waals surface area contributed by atoms with Gasteiger partial charge in [-0.25, -0.2) is 0 Å². The molecule has 0 aromatic heterocycles. The molecule has 1 aromatic carbocycles. The zero-order valence-electron chi connectivity index (χ0n) is 6.40. The molecule has 0 aliphatic rings. The predicted molar refractivity (Wildman–Crippen MR) is 42.3 cm³/mol. The Balaban J connectivity index is 2.46. The Morgan fingerprint density at radius 2 is 2.08 bits per heavy atom. The van der Waals surface area contributed by atoms with Crippen molar-refractivity contribution in [2.75, 3.05) is 0 Å². The van der Waals surface area contributed by atoms with Crippen LogP contribution in [-0.2, 0) is 11.3 Å². The zero-order chi connectivity index (χ0) is 8.81. The number of rotatable bonds is 4. The van der Waals surface area contributed by atoms with Crippen LogP contribution in [0.25, 0.3) is 0 Å². The first-order chi connectivity index (χ1) is 5.83. The summed E-state index contributed by atoms with van der Waals surface area (Å²) in [4.78, 5) is 9.81. The van der Waals surface area contributed by atoms with E-state index in [4.69, 9.17) is 0 Å². The Morgan fingerprint density at radius 1 is 1.42 bits per heavy atom. The fraction of sp³-hybridized carbons (Fsp3) is 0.125. The summed E-state index contributed by atoms with van der Waals surface area (Å²) in [6.45, 7) is 0.0551. The highest BCUT2D eigenvalue weighted by molar-refractivity contribution is 5.44. The van der Waals surface area contributed by atoms with Gasteiger partial charge in [0.2, 0.25) is 6.41 Å². The summed E-state index contributed by atoms with van der Waals surface area (Å²) in [7, 11) is 0. The van der Waals surface area contributed by atoms with Gasteiger partial charge < -0.3 is 0 Å². The summed E-state index contributed by atoms with van der Waals surface area (Å²) < 4.78 is 12.6. The van der Waals surface area contributed by atoms with Crippen LogP contribution in [0.2, 0.25) is 0 Å². The van der Waals surface area contributed by atoms with Crippen molar-refractivity contribution in [3.63, 3.8) is 0 Å². The largest absolute Gasteiger partial charge is 0.277 e. The van der Waals surface area contributed by atoms with Crippen LogP contribution in [0.5, 0.6) is 0 Å². The van der Waals surface area contributed by atoms with Crippen LogP contribution < -0.4 is 5.43 Å². The number of carbonyl (C=O) groups is 1. The van der Waals surface area contributed by atoms with Crippen molar-refractivity contribution in [1.82, 2.24) is 10.7 Å². The molecule has 0 saturated carbocycles. The number of halogens is 1. The molecular weight excluding hydrogens is 159 g/mol. The van der Waals surface area contributed by atoms with Crippen molar-refractivity contribution in [3.05, 3.63) is 35.9 Å². The van der Waals surface area contributed by atoms with Gasteiger partial charge in [-0.3, -0.25) is 10.2 Å². The molecule has 0 spiro atoms.